The van der Waals surface area contributed by atoms with Crippen molar-refractivity contribution in [1.29, 1.82) is 0 Å². The van der Waals surface area contributed by atoms with Gasteiger partial charge in [0.2, 0.25) is 0 Å². The molecule has 0 spiro atoms. The molecule has 4 heteroatoms. The van der Waals surface area contributed by atoms with Crippen LogP contribution in [0.15, 0.2) is 48.1 Å². The van der Waals surface area contributed by atoms with Gasteiger partial charge < -0.3 is 4.74 Å². The van der Waals surface area contributed by atoms with Gasteiger partial charge in [0.25, 0.3) is 0 Å². The molecular weight excluding hydrogens is 360 g/mol. The highest BCUT2D eigenvalue weighted by Gasteiger charge is 2.29. The van der Waals surface area contributed by atoms with E-state index in [2.05, 4.69) is 72.6 Å². The monoisotopic (exact) mass is 402 g/mol. The van der Waals surface area contributed by atoms with Crippen LogP contribution in [0.3, 0.4) is 0 Å². The van der Waals surface area contributed by atoms with Crippen molar-refractivity contribution in [2.45, 2.75) is 60.2 Å². The molecule has 0 aromatic heterocycles. The highest BCUT2D eigenvalue weighted by atomic mass is 16.4. The standard InChI is InChI=1S/C21H30N2O.C2H6O.C2H6/c1-5-7-19(6-2)15-23-17(3)12-22(13-18(23)4)14-20-8-10-21(16-24)11-9-20;1-3-2;1-2/h5-11,16-18H,12-15H2,1-4H3;1-2H3;1-2H3/b7-5-,19-6+;;. The predicted molar refractivity (Wildman–Crippen MR) is 126 cm³/mol. The highest BCUT2D eigenvalue weighted by molar-refractivity contribution is 5.74. The smallest absolute Gasteiger partial charge is 0.150 e. The van der Waals surface area contributed by atoms with Crippen molar-refractivity contribution < 1.29 is 9.53 Å². The third kappa shape index (κ3) is 10.0. The van der Waals surface area contributed by atoms with Crippen molar-refractivity contribution in [2.24, 2.45) is 0 Å². The number of aldehydes is 1. The van der Waals surface area contributed by atoms with Crippen LogP contribution in [0.1, 0.15) is 57.5 Å². The van der Waals surface area contributed by atoms with Crippen molar-refractivity contribution in [3.05, 3.63) is 59.2 Å². The number of benzene rings is 1. The molecule has 0 saturated carbocycles. The van der Waals surface area contributed by atoms with Crippen LogP contribution in [0.5, 0.6) is 0 Å². The van der Waals surface area contributed by atoms with E-state index >= 15 is 0 Å². The number of carbonyl (C=O) groups is 1. The Kier molecular flexibility index (Phi) is 15.1. The molecule has 2 rings (SSSR count). The molecule has 0 N–H and O–H groups in total. The van der Waals surface area contributed by atoms with E-state index in [1.807, 2.05) is 26.0 Å². The molecule has 164 valence electrons. The number of rotatable bonds is 6. The minimum atomic E-state index is 0.531. The summed E-state index contributed by atoms with van der Waals surface area (Å²) < 4.78 is 4.25. The van der Waals surface area contributed by atoms with Crippen LogP contribution in [0.4, 0.5) is 0 Å². The molecule has 1 aliphatic heterocycles. The molecule has 0 amide bonds. The van der Waals surface area contributed by atoms with Gasteiger partial charge in [-0.2, -0.15) is 0 Å². The van der Waals surface area contributed by atoms with Crippen LogP contribution in [-0.4, -0.2) is 62.0 Å². The lowest BCUT2D eigenvalue weighted by Gasteiger charge is -2.44. The van der Waals surface area contributed by atoms with E-state index in [1.165, 1.54) is 11.1 Å². The first-order valence-electron chi connectivity index (χ1n) is 10.7. The Balaban J connectivity index is 0.00000143. The molecular formula is C25H42N2O2. The van der Waals surface area contributed by atoms with Gasteiger partial charge in [-0.15, -0.1) is 0 Å². The topological polar surface area (TPSA) is 32.8 Å². The first-order valence-corrected chi connectivity index (χ1v) is 10.7. The maximum Gasteiger partial charge on any atom is 0.150 e. The zero-order valence-electron chi connectivity index (χ0n) is 19.8. The fraction of sp³-hybridized carbons (Fsp3) is 0.560. The quantitative estimate of drug-likeness (QED) is 0.483. The Labute approximate surface area is 179 Å². The molecule has 1 fully saturated rings. The molecule has 1 aromatic rings. The second-order valence-electron chi connectivity index (χ2n) is 7.20. The van der Waals surface area contributed by atoms with Crippen LogP contribution >= 0.6 is 0 Å². The van der Waals surface area contributed by atoms with Crippen LogP contribution < -0.4 is 0 Å². The second-order valence-corrected chi connectivity index (χ2v) is 7.20. The SMILES string of the molecule is C/C=C\C(=C/C)CN1C(C)CN(Cc2ccc(C=O)cc2)CC1C.CC.COC. The third-order valence-corrected chi connectivity index (χ3v) is 4.82. The fourth-order valence-electron chi connectivity index (χ4n) is 3.53. The van der Waals surface area contributed by atoms with Crippen LogP contribution in [-0.2, 0) is 11.3 Å². The van der Waals surface area contributed by atoms with Crippen LogP contribution in [0.2, 0.25) is 0 Å². The van der Waals surface area contributed by atoms with Gasteiger partial charge in [-0.05, 0) is 38.8 Å². The summed E-state index contributed by atoms with van der Waals surface area (Å²) in [5, 5.41) is 0. The van der Waals surface area contributed by atoms with E-state index in [-0.39, 0.29) is 0 Å². The van der Waals surface area contributed by atoms with Crippen molar-refractivity contribution in [2.75, 3.05) is 33.9 Å². The molecule has 1 aromatic carbocycles. The van der Waals surface area contributed by atoms with E-state index < -0.39 is 0 Å². The number of methoxy groups -OCH3 is 1. The van der Waals surface area contributed by atoms with E-state index in [9.17, 15) is 4.79 Å². The van der Waals surface area contributed by atoms with Gasteiger partial charge >= 0.3 is 0 Å². The van der Waals surface area contributed by atoms with E-state index in [0.29, 0.717) is 12.1 Å². The molecule has 2 atom stereocenters. The van der Waals surface area contributed by atoms with Gasteiger partial charge in [0, 0.05) is 58.0 Å². The van der Waals surface area contributed by atoms with Crippen molar-refractivity contribution in [3.8, 4) is 0 Å². The Morgan fingerprint density at radius 3 is 2.00 bits per heavy atom. The number of allylic oxidation sites excluding steroid dienone is 2. The van der Waals surface area contributed by atoms with Gasteiger partial charge in [-0.1, -0.05) is 56.3 Å². The Hall–Kier alpha value is -1.75. The largest absolute Gasteiger partial charge is 0.388 e. The summed E-state index contributed by atoms with van der Waals surface area (Å²) in [6.07, 6.45) is 7.43. The average Bonchev–Trinajstić information content (AvgIpc) is 2.72. The summed E-state index contributed by atoms with van der Waals surface area (Å²) in [5.41, 5.74) is 3.40. The van der Waals surface area contributed by atoms with Gasteiger partial charge in [0.05, 0.1) is 0 Å². The molecule has 1 aliphatic rings. The minimum absolute atomic E-state index is 0.531. The van der Waals surface area contributed by atoms with Crippen molar-refractivity contribution in [3.63, 3.8) is 0 Å². The van der Waals surface area contributed by atoms with Crippen LogP contribution in [0, 0.1) is 0 Å². The fourth-order valence-corrected chi connectivity index (χ4v) is 3.53. The summed E-state index contributed by atoms with van der Waals surface area (Å²) >= 11 is 0. The first-order chi connectivity index (χ1) is 14.0. The maximum atomic E-state index is 10.8. The number of hydrogen-bond acceptors (Lipinski definition) is 4. The van der Waals surface area contributed by atoms with Gasteiger partial charge in [0.15, 0.2) is 0 Å². The Bertz CT molecular complexity index is 596. The maximum absolute atomic E-state index is 10.8. The summed E-state index contributed by atoms with van der Waals surface area (Å²) in [4.78, 5) is 15.9. The Morgan fingerprint density at radius 2 is 1.59 bits per heavy atom. The van der Waals surface area contributed by atoms with Gasteiger partial charge in [0.1, 0.15) is 6.29 Å². The summed E-state index contributed by atoms with van der Waals surface area (Å²) in [7, 11) is 3.25. The summed E-state index contributed by atoms with van der Waals surface area (Å²) in [6.45, 7) is 17.0. The lowest BCUT2D eigenvalue weighted by molar-refractivity contribution is 0.0426. The normalized spacial score (nSPS) is 20.5. The minimum Gasteiger partial charge on any atom is -0.388 e. The molecule has 0 aliphatic carbocycles. The second kappa shape index (κ2) is 16.1. The van der Waals surface area contributed by atoms with Crippen molar-refractivity contribution >= 4 is 6.29 Å². The van der Waals surface area contributed by atoms with Gasteiger partial charge in [-0.3, -0.25) is 14.6 Å². The third-order valence-electron chi connectivity index (χ3n) is 4.82. The van der Waals surface area contributed by atoms with Gasteiger partial charge in [-0.25, -0.2) is 0 Å². The van der Waals surface area contributed by atoms with E-state index in [1.54, 1.807) is 14.2 Å². The molecule has 0 bridgehead atoms. The number of ether oxygens (including phenoxy) is 1. The molecule has 1 heterocycles. The number of hydrogen-bond donors (Lipinski definition) is 0. The molecule has 4 nitrogen and oxygen atoms in total. The van der Waals surface area contributed by atoms with E-state index in [4.69, 9.17) is 0 Å². The lowest BCUT2D eigenvalue weighted by Crippen LogP contribution is -2.56. The summed E-state index contributed by atoms with van der Waals surface area (Å²) in [5.74, 6) is 0. The summed E-state index contributed by atoms with van der Waals surface area (Å²) in [6, 6.07) is 9.00. The average molecular weight is 403 g/mol. The number of carbonyl (C=O) groups excluding carboxylic acids is 1. The molecule has 29 heavy (non-hydrogen) atoms. The predicted octanol–water partition coefficient (Wildman–Crippen LogP) is 5.20. The number of piperazine rings is 1. The first kappa shape index (κ1) is 27.2. The van der Waals surface area contributed by atoms with Crippen molar-refractivity contribution in [1.82, 2.24) is 9.80 Å². The zero-order valence-corrected chi connectivity index (χ0v) is 19.8. The Morgan fingerprint density at radius 1 is 1.07 bits per heavy atom. The zero-order chi connectivity index (χ0) is 22.2. The van der Waals surface area contributed by atoms with Crippen LogP contribution in [0.25, 0.3) is 0 Å². The molecule has 0 radical (unpaired) electrons. The van der Waals surface area contributed by atoms with E-state index in [0.717, 1.165) is 38.0 Å². The molecule has 2 unspecified atom stereocenters. The lowest BCUT2D eigenvalue weighted by atomic mass is 10.0. The number of nitrogens with zero attached hydrogens (tertiary/aromatic N) is 2. The highest BCUT2D eigenvalue weighted by Crippen LogP contribution is 2.20. The molecule has 1 saturated heterocycles.